The van der Waals surface area contributed by atoms with Gasteiger partial charge in [-0.25, -0.2) is 9.97 Å². The maximum Gasteiger partial charge on any atom is 0.203 e. The average Bonchev–Trinajstić information content (AvgIpc) is 3.85. The van der Waals surface area contributed by atoms with Gasteiger partial charge in [-0.3, -0.25) is 9.80 Å². The summed E-state index contributed by atoms with van der Waals surface area (Å²) in [5.41, 5.74) is 10.4. The molecule has 0 spiro atoms. The number of fused-ring (bicyclic) bond motifs is 6. The van der Waals surface area contributed by atoms with E-state index >= 15 is 0 Å². The minimum atomic E-state index is 0.562. The van der Waals surface area contributed by atoms with Gasteiger partial charge < -0.3 is 37.6 Å². The fourth-order valence-corrected chi connectivity index (χ4v) is 9.92. The number of nitrogens with zero attached hydrogens (tertiary/aromatic N) is 6. The molecule has 9 rings (SSSR count). The summed E-state index contributed by atoms with van der Waals surface area (Å²) in [4.78, 5) is 16.1. The number of benzene rings is 4. The first kappa shape index (κ1) is 44.7. The number of hydrogen-bond donors (Lipinski definition) is 0. The first-order chi connectivity index (χ1) is 32.4. The molecule has 0 unspecified atom stereocenters. The number of aryl methyl sites for hydroxylation is 2. The summed E-state index contributed by atoms with van der Waals surface area (Å²) in [6.45, 7) is 11.3. The zero-order valence-electron chi connectivity index (χ0n) is 39.7. The van der Waals surface area contributed by atoms with Gasteiger partial charge in [0.2, 0.25) is 11.5 Å². The molecule has 4 aromatic carbocycles. The second-order valence-corrected chi connectivity index (χ2v) is 17.1. The van der Waals surface area contributed by atoms with Crippen molar-refractivity contribution in [2.75, 3.05) is 68.8 Å². The summed E-state index contributed by atoms with van der Waals surface area (Å²) >= 11 is 0. The molecule has 66 heavy (non-hydrogen) atoms. The monoisotopic (exact) mass is 890 g/mol. The second-order valence-electron chi connectivity index (χ2n) is 17.1. The van der Waals surface area contributed by atoms with Crippen molar-refractivity contribution >= 4 is 43.6 Å². The highest BCUT2D eigenvalue weighted by Crippen LogP contribution is 2.46. The van der Waals surface area contributed by atoms with E-state index in [4.69, 9.17) is 38.4 Å². The lowest BCUT2D eigenvalue weighted by molar-refractivity contribution is 0.120. The highest BCUT2D eigenvalue weighted by molar-refractivity contribution is 6.13. The maximum absolute atomic E-state index is 5.85. The molecule has 12 nitrogen and oxygen atoms in total. The van der Waals surface area contributed by atoms with Crippen molar-refractivity contribution < 1.29 is 28.4 Å². The van der Waals surface area contributed by atoms with Crippen molar-refractivity contribution in [3.05, 3.63) is 96.3 Å². The highest BCUT2D eigenvalue weighted by Gasteiger charge is 2.26. The molecule has 12 heteroatoms. The Bertz CT molecular complexity index is 2770. The van der Waals surface area contributed by atoms with Crippen molar-refractivity contribution in [1.29, 1.82) is 0 Å². The standard InChI is InChI=1S/C54H62N6O6/c1-9-11-21-59-43-19-15-13-17-39(43)41-31-37(55-49(51(41)59)35-27-45(61-3)53(65-7)46(28-35)62-4)33-57-23-25-58(26-24-57)34-38-32-42-40-18-14-16-20-44(40)60(22-12-10-2)52(42)50(56-38)36-29-47(63-5)54(66-8)48(30-36)64-6/h13-20,27-32H,9-12,21-26,33-34H2,1-8H3. The number of ether oxygens (including phenoxy) is 6. The smallest absolute Gasteiger partial charge is 0.203 e. The van der Waals surface area contributed by atoms with Crippen molar-refractivity contribution in [2.45, 2.75) is 65.7 Å². The van der Waals surface area contributed by atoms with Crippen LogP contribution in [0.1, 0.15) is 50.9 Å². The van der Waals surface area contributed by atoms with E-state index in [1.165, 1.54) is 32.6 Å². The third kappa shape index (κ3) is 8.21. The largest absolute Gasteiger partial charge is 0.493 e. The average molecular weight is 891 g/mol. The van der Waals surface area contributed by atoms with Gasteiger partial charge in [-0.1, -0.05) is 63.1 Å². The van der Waals surface area contributed by atoms with Crippen molar-refractivity contribution in [3.8, 4) is 57.0 Å². The van der Waals surface area contributed by atoms with E-state index in [0.717, 1.165) is 123 Å². The third-order valence-corrected chi connectivity index (χ3v) is 13.2. The second kappa shape index (κ2) is 19.5. The Hall–Kier alpha value is -6.50. The molecule has 1 saturated heterocycles. The zero-order valence-corrected chi connectivity index (χ0v) is 39.7. The molecule has 0 saturated carbocycles. The zero-order chi connectivity index (χ0) is 45.9. The first-order valence-electron chi connectivity index (χ1n) is 23.2. The Labute approximate surface area is 387 Å². The van der Waals surface area contributed by atoms with Gasteiger partial charge >= 0.3 is 0 Å². The minimum absolute atomic E-state index is 0.562. The van der Waals surface area contributed by atoms with Gasteiger partial charge in [-0.2, -0.15) is 0 Å². The quantitative estimate of drug-likeness (QED) is 0.0828. The molecule has 0 amide bonds. The molecule has 0 N–H and O–H groups in total. The molecule has 344 valence electrons. The number of para-hydroxylation sites is 2. The number of unbranched alkanes of at least 4 members (excludes halogenated alkanes) is 2. The number of aromatic nitrogens is 4. The molecule has 0 atom stereocenters. The summed E-state index contributed by atoms with van der Waals surface area (Å²) in [5.74, 6) is 3.53. The van der Waals surface area contributed by atoms with Crippen LogP contribution in [-0.2, 0) is 26.2 Å². The lowest BCUT2D eigenvalue weighted by Crippen LogP contribution is -2.45. The van der Waals surface area contributed by atoms with E-state index in [9.17, 15) is 0 Å². The fraction of sp³-hybridized carbons (Fsp3) is 0.370. The van der Waals surface area contributed by atoms with Crippen LogP contribution in [0.2, 0.25) is 0 Å². The molecular formula is C54H62N6O6. The topological polar surface area (TPSA) is 97.5 Å². The molecule has 1 fully saturated rings. The number of pyridine rings is 2. The van der Waals surface area contributed by atoms with E-state index < -0.39 is 0 Å². The van der Waals surface area contributed by atoms with Gasteiger partial charge in [0.05, 0.1) is 76.5 Å². The van der Waals surface area contributed by atoms with Gasteiger partial charge in [0.25, 0.3) is 0 Å². The van der Waals surface area contributed by atoms with Gasteiger partial charge in [-0.15, -0.1) is 0 Å². The number of hydrogen-bond acceptors (Lipinski definition) is 10. The predicted octanol–water partition coefficient (Wildman–Crippen LogP) is 11.0. The van der Waals surface area contributed by atoms with Crippen LogP contribution < -0.4 is 28.4 Å². The Balaban J connectivity index is 1.05. The SMILES string of the molecule is CCCCn1c2ccccc2c2cc(CN3CCN(Cc4cc5c6ccccc6n(CCCC)c5c(-c5cc(OC)c(OC)c(OC)c5)n4)CC3)nc(-c3cc(OC)c(OC)c(OC)c3)c21. The Morgan fingerprint density at radius 2 is 0.818 bits per heavy atom. The molecular weight excluding hydrogens is 829 g/mol. The number of methoxy groups -OCH3 is 6. The van der Waals surface area contributed by atoms with Crippen LogP contribution in [0.5, 0.6) is 34.5 Å². The van der Waals surface area contributed by atoms with Crippen molar-refractivity contribution in [2.24, 2.45) is 0 Å². The van der Waals surface area contributed by atoms with Crippen LogP contribution >= 0.6 is 0 Å². The van der Waals surface area contributed by atoms with Crippen molar-refractivity contribution in [3.63, 3.8) is 0 Å². The molecule has 0 radical (unpaired) electrons. The van der Waals surface area contributed by atoms with Crippen LogP contribution in [0.15, 0.2) is 84.9 Å². The van der Waals surface area contributed by atoms with Gasteiger partial charge in [0, 0.05) is 96.1 Å². The van der Waals surface area contributed by atoms with Gasteiger partial charge in [-0.05, 0) is 61.4 Å². The Morgan fingerprint density at radius 3 is 1.15 bits per heavy atom. The van der Waals surface area contributed by atoms with Crippen molar-refractivity contribution in [1.82, 2.24) is 28.9 Å². The van der Waals surface area contributed by atoms with Crippen LogP contribution in [0.25, 0.3) is 66.1 Å². The Kier molecular flexibility index (Phi) is 13.2. The van der Waals surface area contributed by atoms with Crippen LogP contribution in [0.4, 0.5) is 0 Å². The summed E-state index contributed by atoms with van der Waals surface area (Å²) in [6.07, 6.45) is 4.31. The summed E-state index contributed by atoms with van der Waals surface area (Å²) < 4.78 is 39.8. The predicted molar refractivity (Wildman–Crippen MR) is 265 cm³/mol. The van der Waals surface area contributed by atoms with Gasteiger partial charge in [0.1, 0.15) is 0 Å². The number of rotatable bonds is 18. The van der Waals surface area contributed by atoms with E-state index in [1.54, 1.807) is 42.7 Å². The van der Waals surface area contributed by atoms with Gasteiger partial charge in [0.15, 0.2) is 23.0 Å². The number of piperazine rings is 1. The summed E-state index contributed by atoms with van der Waals surface area (Å²) in [6, 6.07) is 30.2. The molecule has 1 aliphatic rings. The van der Waals surface area contributed by atoms with Crippen LogP contribution in [0.3, 0.4) is 0 Å². The molecule has 0 aliphatic carbocycles. The van der Waals surface area contributed by atoms with E-state index in [2.05, 4.69) is 93.4 Å². The highest BCUT2D eigenvalue weighted by atomic mass is 16.5. The fourth-order valence-electron chi connectivity index (χ4n) is 9.92. The maximum atomic E-state index is 5.85. The Morgan fingerprint density at radius 1 is 0.455 bits per heavy atom. The molecule has 8 aromatic rings. The molecule has 4 aromatic heterocycles. The molecule has 1 aliphatic heterocycles. The lowest BCUT2D eigenvalue weighted by atomic mass is 10.0. The third-order valence-electron chi connectivity index (χ3n) is 13.2. The van der Waals surface area contributed by atoms with Crippen LogP contribution in [0, 0.1) is 0 Å². The lowest BCUT2D eigenvalue weighted by Gasteiger charge is -2.34. The molecule has 5 heterocycles. The summed E-state index contributed by atoms with van der Waals surface area (Å²) in [5, 5.41) is 4.87. The molecule has 0 bridgehead atoms. The van der Waals surface area contributed by atoms with E-state index in [-0.39, 0.29) is 0 Å². The summed E-state index contributed by atoms with van der Waals surface area (Å²) in [7, 11) is 9.92. The minimum Gasteiger partial charge on any atom is -0.493 e. The van der Waals surface area contributed by atoms with Crippen LogP contribution in [-0.4, -0.2) is 97.7 Å². The normalized spacial score (nSPS) is 13.6. The van der Waals surface area contributed by atoms with E-state index in [1.807, 2.05) is 24.3 Å². The van der Waals surface area contributed by atoms with E-state index in [0.29, 0.717) is 34.5 Å². The first-order valence-corrected chi connectivity index (χ1v) is 23.2.